The fraction of sp³-hybridized carbons (Fsp3) is 0.500. The molecule has 0 atom stereocenters. The molecule has 3 rings (SSSR count). The number of rotatable bonds is 6. The average Bonchev–Trinajstić information content (AvgIpc) is 3.14. The zero-order valence-electron chi connectivity index (χ0n) is 13.2. The van der Waals surface area contributed by atoms with Crippen LogP contribution in [0.3, 0.4) is 0 Å². The van der Waals surface area contributed by atoms with Crippen molar-refractivity contribution in [2.24, 2.45) is 0 Å². The first-order chi connectivity index (χ1) is 11.5. The average molecular weight is 333 g/mol. The second kappa shape index (κ2) is 6.86. The summed E-state index contributed by atoms with van der Waals surface area (Å²) in [5.74, 6) is -0.569. The zero-order chi connectivity index (χ0) is 17.1. The minimum atomic E-state index is -0.568. The number of nitrogens with zero attached hydrogens (tertiary/aromatic N) is 2. The Kier molecular flexibility index (Phi) is 4.64. The third kappa shape index (κ3) is 3.47. The number of hydrogen-bond donors (Lipinski definition) is 1. The van der Waals surface area contributed by atoms with Gasteiger partial charge in [0.05, 0.1) is 16.5 Å². The standard InChI is InChI=1S/C16H19N3O5/c20-15(17-11-4-1-2-5-11)6-3-9-18-13-8-7-12(19(22)23)10-14(13)24-16(18)21/h7-8,10-11H,1-6,9H2,(H,17,20). The largest absolute Gasteiger partial charge is 0.419 e. The summed E-state index contributed by atoms with van der Waals surface area (Å²) in [6.45, 7) is 0.335. The lowest BCUT2D eigenvalue weighted by Gasteiger charge is -2.11. The van der Waals surface area contributed by atoms with Crippen LogP contribution in [0.2, 0.25) is 0 Å². The van der Waals surface area contributed by atoms with E-state index < -0.39 is 10.7 Å². The van der Waals surface area contributed by atoms with Gasteiger partial charge in [-0.3, -0.25) is 19.5 Å². The second-order valence-corrected chi connectivity index (χ2v) is 6.08. The number of fused-ring (bicyclic) bond motifs is 1. The number of carbonyl (C=O) groups excluding carboxylic acids is 1. The van der Waals surface area contributed by atoms with E-state index in [1.165, 1.54) is 22.8 Å². The highest BCUT2D eigenvalue weighted by molar-refractivity contribution is 5.77. The van der Waals surface area contributed by atoms with Gasteiger partial charge in [0.15, 0.2) is 5.58 Å². The highest BCUT2D eigenvalue weighted by atomic mass is 16.6. The SMILES string of the molecule is O=C(CCCn1c(=O)oc2cc([N+](=O)[O-])ccc21)NC1CCCC1. The molecule has 1 N–H and O–H groups in total. The van der Waals surface area contributed by atoms with Crippen LogP contribution in [-0.2, 0) is 11.3 Å². The van der Waals surface area contributed by atoms with Gasteiger partial charge in [-0.2, -0.15) is 0 Å². The molecule has 0 spiro atoms. The smallest absolute Gasteiger partial charge is 0.407 e. The minimum Gasteiger partial charge on any atom is -0.407 e. The van der Waals surface area contributed by atoms with Crippen molar-refractivity contribution in [1.29, 1.82) is 0 Å². The summed E-state index contributed by atoms with van der Waals surface area (Å²) in [5.41, 5.74) is 0.561. The number of oxazole rings is 1. The number of nitro groups is 1. The third-order valence-corrected chi connectivity index (χ3v) is 4.37. The summed E-state index contributed by atoms with van der Waals surface area (Å²) in [6, 6.07) is 4.35. The summed E-state index contributed by atoms with van der Waals surface area (Å²) >= 11 is 0. The molecular formula is C16H19N3O5. The van der Waals surface area contributed by atoms with Crippen molar-refractivity contribution in [2.45, 2.75) is 51.1 Å². The van der Waals surface area contributed by atoms with Gasteiger partial charge in [0.2, 0.25) is 5.91 Å². The fourth-order valence-electron chi connectivity index (χ4n) is 3.15. The minimum absolute atomic E-state index is 0.00149. The van der Waals surface area contributed by atoms with Gasteiger partial charge >= 0.3 is 5.76 Å². The Morgan fingerprint density at radius 2 is 2.12 bits per heavy atom. The molecule has 0 saturated heterocycles. The van der Waals surface area contributed by atoms with E-state index in [4.69, 9.17) is 4.42 Å². The number of aryl methyl sites for hydroxylation is 1. The van der Waals surface area contributed by atoms with Crippen molar-refractivity contribution < 1.29 is 14.1 Å². The molecule has 0 bridgehead atoms. The van der Waals surface area contributed by atoms with Crippen molar-refractivity contribution in [1.82, 2.24) is 9.88 Å². The summed E-state index contributed by atoms with van der Waals surface area (Å²) < 4.78 is 6.46. The van der Waals surface area contributed by atoms with Gasteiger partial charge in [-0.05, 0) is 25.3 Å². The van der Waals surface area contributed by atoms with Gasteiger partial charge in [0, 0.05) is 25.1 Å². The van der Waals surface area contributed by atoms with E-state index in [-0.39, 0.29) is 23.2 Å². The summed E-state index contributed by atoms with van der Waals surface area (Å²) in [7, 11) is 0. The van der Waals surface area contributed by atoms with Gasteiger partial charge < -0.3 is 9.73 Å². The number of hydrogen-bond acceptors (Lipinski definition) is 5. The first kappa shape index (κ1) is 16.2. The van der Waals surface area contributed by atoms with Crippen LogP contribution in [0.5, 0.6) is 0 Å². The highest BCUT2D eigenvalue weighted by Gasteiger charge is 2.17. The molecule has 1 aromatic heterocycles. The molecule has 1 aromatic carbocycles. The van der Waals surface area contributed by atoms with Crippen LogP contribution < -0.4 is 11.1 Å². The molecule has 24 heavy (non-hydrogen) atoms. The van der Waals surface area contributed by atoms with E-state index in [2.05, 4.69) is 5.32 Å². The molecule has 1 heterocycles. The van der Waals surface area contributed by atoms with Crippen molar-refractivity contribution >= 4 is 22.7 Å². The van der Waals surface area contributed by atoms with Crippen LogP contribution >= 0.6 is 0 Å². The summed E-state index contributed by atoms with van der Waals surface area (Å²) in [6.07, 6.45) is 5.24. The van der Waals surface area contributed by atoms with E-state index in [1.807, 2.05) is 0 Å². The topological polar surface area (TPSA) is 107 Å². The second-order valence-electron chi connectivity index (χ2n) is 6.08. The maximum absolute atomic E-state index is 11.9. The highest BCUT2D eigenvalue weighted by Crippen LogP contribution is 2.20. The molecular weight excluding hydrogens is 314 g/mol. The Morgan fingerprint density at radius 3 is 2.83 bits per heavy atom. The quantitative estimate of drug-likeness (QED) is 0.645. The molecule has 1 saturated carbocycles. The Labute approximate surface area is 137 Å². The van der Waals surface area contributed by atoms with E-state index in [0.29, 0.717) is 24.9 Å². The van der Waals surface area contributed by atoms with E-state index in [0.717, 1.165) is 25.7 Å². The molecule has 0 aliphatic heterocycles. The van der Waals surface area contributed by atoms with E-state index in [9.17, 15) is 19.7 Å². The molecule has 0 unspecified atom stereocenters. The monoisotopic (exact) mass is 333 g/mol. The number of amides is 1. The normalized spacial score (nSPS) is 15.0. The number of carbonyl (C=O) groups is 1. The number of non-ortho nitro benzene ring substituents is 1. The summed E-state index contributed by atoms with van der Waals surface area (Å²) in [4.78, 5) is 34.0. The maximum Gasteiger partial charge on any atom is 0.419 e. The van der Waals surface area contributed by atoms with Crippen molar-refractivity contribution in [3.8, 4) is 0 Å². The first-order valence-corrected chi connectivity index (χ1v) is 8.12. The van der Waals surface area contributed by atoms with Gasteiger partial charge in [-0.1, -0.05) is 12.8 Å². The van der Waals surface area contributed by atoms with Gasteiger partial charge in [0.1, 0.15) is 0 Å². The number of aromatic nitrogens is 1. The molecule has 1 aliphatic rings. The zero-order valence-corrected chi connectivity index (χ0v) is 13.2. The van der Waals surface area contributed by atoms with E-state index in [1.54, 1.807) is 0 Å². The predicted molar refractivity (Wildman–Crippen MR) is 86.8 cm³/mol. The maximum atomic E-state index is 11.9. The summed E-state index contributed by atoms with van der Waals surface area (Å²) in [5, 5.41) is 13.8. The van der Waals surface area contributed by atoms with Gasteiger partial charge in [-0.15, -0.1) is 0 Å². The van der Waals surface area contributed by atoms with Crippen molar-refractivity contribution in [3.63, 3.8) is 0 Å². The van der Waals surface area contributed by atoms with Crippen LogP contribution in [0.15, 0.2) is 27.4 Å². The molecule has 1 fully saturated rings. The van der Waals surface area contributed by atoms with Crippen LogP contribution in [0.1, 0.15) is 38.5 Å². The Balaban J connectivity index is 1.62. The Hall–Kier alpha value is -2.64. The Bertz CT molecular complexity index is 817. The molecule has 0 radical (unpaired) electrons. The fourth-order valence-corrected chi connectivity index (χ4v) is 3.15. The van der Waals surface area contributed by atoms with Crippen LogP contribution in [0, 0.1) is 10.1 Å². The number of nitro benzene ring substituents is 1. The third-order valence-electron chi connectivity index (χ3n) is 4.37. The van der Waals surface area contributed by atoms with E-state index >= 15 is 0 Å². The molecule has 8 heteroatoms. The van der Waals surface area contributed by atoms with Crippen LogP contribution in [-0.4, -0.2) is 21.4 Å². The number of nitrogens with one attached hydrogen (secondary N) is 1. The lowest BCUT2D eigenvalue weighted by atomic mass is 10.2. The van der Waals surface area contributed by atoms with Gasteiger partial charge in [0.25, 0.3) is 5.69 Å². The molecule has 8 nitrogen and oxygen atoms in total. The Morgan fingerprint density at radius 1 is 1.38 bits per heavy atom. The lowest BCUT2D eigenvalue weighted by Crippen LogP contribution is -2.32. The van der Waals surface area contributed by atoms with Crippen LogP contribution in [0.25, 0.3) is 11.1 Å². The molecule has 1 aliphatic carbocycles. The van der Waals surface area contributed by atoms with Crippen molar-refractivity contribution in [2.75, 3.05) is 0 Å². The molecule has 2 aromatic rings. The first-order valence-electron chi connectivity index (χ1n) is 8.12. The molecule has 1 amide bonds. The number of benzene rings is 1. The lowest BCUT2D eigenvalue weighted by molar-refractivity contribution is -0.384. The van der Waals surface area contributed by atoms with Crippen LogP contribution in [0.4, 0.5) is 5.69 Å². The van der Waals surface area contributed by atoms with Crippen molar-refractivity contribution in [3.05, 3.63) is 38.9 Å². The van der Waals surface area contributed by atoms with Gasteiger partial charge in [-0.25, -0.2) is 4.79 Å². The predicted octanol–water partition coefficient (Wildman–Crippen LogP) is 2.34. The molecule has 128 valence electrons.